The molecule has 1 saturated carbocycles. The van der Waals surface area contributed by atoms with E-state index in [1.165, 1.54) is 0 Å². The van der Waals surface area contributed by atoms with Crippen molar-refractivity contribution in [3.63, 3.8) is 0 Å². The van der Waals surface area contributed by atoms with Gasteiger partial charge < -0.3 is 35.2 Å². The quantitative estimate of drug-likeness (QED) is 0.407. The smallest absolute Gasteiger partial charge is 0.255 e. The van der Waals surface area contributed by atoms with Gasteiger partial charge >= 0.3 is 0 Å². The molecule has 0 unspecified atom stereocenters. The van der Waals surface area contributed by atoms with E-state index in [9.17, 15) is 25.2 Å². The lowest BCUT2D eigenvalue weighted by molar-refractivity contribution is -0.104. The number of carbonyl (C=O) groups excluding carboxylic acids is 1. The maximum atomic E-state index is 12.3. The Labute approximate surface area is 124 Å². The molecule has 0 saturated heterocycles. The van der Waals surface area contributed by atoms with Gasteiger partial charge in [-0.2, -0.15) is 0 Å². The van der Waals surface area contributed by atoms with Gasteiger partial charge in [0.05, 0.1) is 17.7 Å². The van der Waals surface area contributed by atoms with Gasteiger partial charge in [0.1, 0.15) is 12.2 Å². The van der Waals surface area contributed by atoms with E-state index in [2.05, 4.69) is 5.32 Å². The minimum atomic E-state index is -1.33. The summed E-state index contributed by atoms with van der Waals surface area (Å²) in [4.78, 5) is 12.3. The lowest BCUT2D eigenvalue weighted by atomic mass is 9.72. The molecule has 5 N–H and O–H groups in total. The number of aromatic hydroxyl groups is 1. The van der Waals surface area contributed by atoms with Crippen LogP contribution < -0.4 is 14.8 Å². The van der Waals surface area contributed by atoms with Crippen LogP contribution in [0.5, 0.6) is 17.2 Å². The van der Waals surface area contributed by atoms with E-state index < -0.39 is 36.2 Å². The number of aliphatic hydroxyl groups excluding tert-OH is 3. The predicted molar refractivity (Wildman–Crippen MR) is 70.9 cm³/mol. The van der Waals surface area contributed by atoms with Gasteiger partial charge in [-0.1, -0.05) is 0 Å². The maximum Gasteiger partial charge on any atom is 0.255 e. The SMILES string of the molecule is O=C1N[C@@H]2[C@H](O)[C@H](O)[C@@H](O)C[C@@H]2c2cc3c(c(O)c21)OCO3. The van der Waals surface area contributed by atoms with E-state index in [4.69, 9.17) is 9.47 Å². The van der Waals surface area contributed by atoms with Crippen molar-refractivity contribution in [1.82, 2.24) is 5.32 Å². The zero-order chi connectivity index (χ0) is 15.6. The second kappa shape index (κ2) is 4.48. The Morgan fingerprint density at radius 1 is 1.18 bits per heavy atom. The minimum absolute atomic E-state index is 0.0501. The molecule has 2 heterocycles. The first kappa shape index (κ1) is 13.6. The highest BCUT2D eigenvalue weighted by atomic mass is 16.7. The van der Waals surface area contributed by atoms with Gasteiger partial charge in [0.2, 0.25) is 12.5 Å². The van der Waals surface area contributed by atoms with Crippen molar-refractivity contribution < 1.29 is 34.7 Å². The molecule has 1 aromatic carbocycles. The summed E-state index contributed by atoms with van der Waals surface area (Å²) in [5.41, 5.74) is 0.529. The molecule has 5 atom stereocenters. The monoisotopic (exact) mass is 309 g/mol. The molecule has 2 aliphatic heterocycles. The Morgan fingerprint density at radius 3 is 2.73 bits per heavy atom. The highest BCUT2D eigenvalue weighted by molar-refractivity contribution is 6.01. The molecule has 1 aliphatic carbocycles. The largest absolute Gasteiger partial charge is 0.504 e. The number of phenolic OH excluding ortho intramolecular Hbond substituents is 1. The van der Waals surface area contributed by atoms with Gasteiger partial charge in [0, 0.05) is 5.92 Å². The number of phenols is 1. The molecule has 0 aromatic heterocycles. The lowest BCUT2D eigenvalue weighted by Gasteiger charge is -2.44. The number of aliphatic hydroxyl groups is 3. The summed E-state index contributed by atoms with van der Waals surface area (Å²) < 4.78 is 10.4. The van der Waals surface area contributed by atoms with Crippen molar-refractivity contribution in [3.05, 3.63) is 17.2 Å². The topological polar surface area (TPSA) is 128 Å². The Morgan fingerprint density at radius 2 is 1.95 bits per heavy atom. The van der Waals surface area contributed by atoms with Crippen molar-refractivity contribution in [2.24, 2.45) is 0 Å². The van der Waals surface area contributed by atoms with Crippen LogP contribution in [0.25, 0.3) is 0 Å². The third-order valence-corrected chi connectivity index (χ3v) is 4.63. The van der Waals surface area contributed by atoms with Gasteiger partial charge in [0.15, 0.2) is 11.5 Å². The van der Waals surface area contributed by atoms with Crippen molar-refractivity contribution in [1.29, 1.82) is 0 Å². The van der Waals surface area contributed by atoms with Gasteiger partial charge in [-0.25, -0.2) is 0 Å². The van der Waals surface area contributed by atoms with E-state index in [0.717, 1.165) is 0 Å². The normalized spacial score (nSPS) is 35.6. The highest BCUT2D eigenvalue weighted by Gasteiger charge is 2.49. The number of rotatable bonds is 0. The van der Waals surface area contributed by atoms with Crippen molar-refractivity contribution in [2.45, 2.75) is 36.7 Å². The summed E-state index contributed by atoms with van der Waals surface area (Å²) in [6.07, 6.45) is -3.59. The third kappa shape index (κ3) is 1.65. The first-order valence-corrected chi connectivity index (χ1v) is 6.99. The molecule has 0 radical (unpaired) electrons. The number of benzene rings is 1. The van der Waals surface area contributed by atoms with E-state index >= 15 is 0 Å². The number of fused-ring (bicyclic) bond motifs is 4. The summed E-state index contributed by atoms with van der Waals surface area (Å²) in [7, 11) is 0. The van der Waals surface area contributed by atoms with Gasteiger partial charge in [-0.05, 0) is 18.1 Å². The van der Waals surface area contributed by atoms with Crippen LogP contribution in [-0.4, -0.2) is 57.5 Å². The van der Waals surface area contributed by atoms with E-state index in [1.807, 2.05) is 0 Å². The Hall–Kier alpha value is -2.03. The number of hydrogen-bond acceptors (Lipinski definition) is 7. The molecule has 118 valence electrons. The summed E-state index contributed by atoms with van der Waals surface area (Å²) in [5.74, 6) is -0.878. The number of hydrogen-bond donors (Lipinski definition) is 5. The van der Waals surface area contributed by atoms with Gasteiger partial charge in [0.25, 0.3) is 5.91 Å². The van der Waals surface area contributed by atoms with Crippen LogP contribution >= 0.6 is 0 Å². The fourth-order valence-corrected chi connectivity index (χ4v) is 3.53. The summed E-state index contributed by atoms with van der Waals surface area (Å²) in [5, 5.41) is 42.6. The standard InChI is InChI=1S/C14H15NO7/c16-6-1-5-4-2-7-13(22-3-21-7)11(18)8(4)14(20)15-9(5)12(19)10(6)17/h2,5-6,9-10,12,16-19H,1,3H2,(H,15,20)/t5-,6+,9+,10-,12+/m1/s1. The van der Waals surface area contributed by atoms with Crippen molar-refractivity contribution in [3.8, 4) is 17.2 Å². The minimum Gasteiger partial charge on any atom is -0.504 e. The Kier molecular flexibility index (Phi) is 2.77. The van der Waals surface area contributed by atoms with Crippen LogP contribution in [-0.2, 0) is 0 Å². The first-order chi connectivity index (χ1) is 10.5. The zero-order valence-corrected chi connectivity index (χ0v) is 11.4. The molecule has 1 aromatic rings. The molecular weight excluding hydrogens is 294 g/mol. The van der Waals surface area contributed by atoms with Crippen molar-refractivity contribution >= 4 is 5.91 Å². The van der Waals surface area contributed by atoms with Crippen LogP contribution in [0, 0.1) is 0 Å². The predicted octanol–water partition coefficient (Wildman–Crippen LogP) is -1.20. The molecule has 0 bridgehead atoms. The van der Waals surface area contributed by atoms with Crippen LogP contribution in [0.2, 0.25) is 0 Å². The van der Waals surface area contributed by atoms with Gasteiger partial charge in [-0.3, -0.25) is 4.79 Å². The average Bonchev–Trinajstić information content (AvgIpc) is 2.95. The second-order valence-corrected chi connectivity index (χ2v) is 5.81. The van der Waals surface area contributed by atoms with E-state index in [1.54, 1.807) is 6.07 Å². The summed E-state index contributed by atoms with van der Waals surface area (Å²) in [6.45, 7) is -0.0501. The molecule has 22 heavy (non-hydrogen) atoms. The molecule has 1 amide bonds. The Bertz CT molecular complexity index is 661. The Balaban J connectivity index is 1.87. The molecule has 4 rings (SSSR count). The van der Waals surface area contributed by atoms with E-state index in [-0.39, 0.29) is 30.3 Å². The molecule has 8 nitrogen and oxygen atoms in total. The number of amides is 1. The molecule has 8 heteroatoms. The summed E-state index contributed by atoms with van der Waals surface area (Å²) in [6, 6.07) is 0.850. The highest BCUT2D eigenvalue weighted by Crippen LogP contribution is 2.49. The van der Waals surface area contributed by atoms with Crippen LogP contribution in [0.4, 0.5) is 0 Å². The zero-order valence-electron chi connectivity index (χ0n) is 11.4. The van der Waals surface area contributed by atoms with E-state index in [0.29, 0.717) is 11.3 Å². The molecule has 1 fully saturated rings. The van der Waals surface area contributed by atoms with Crippen LogP contribution in [0.3, 0.4) is 0 Å². The fourth-order valence-electron chi connectivity index (χ4n) is 3.53. The third-order valence-electron chi connectivity index (χ3n) is 4.63. The lowest BCUT2D eigenvalue weighted by Crippen LogP contribution is -2.61. The molecule has 0 spiro atoms. The summed E-state index contributed by atoms with van der Waals surface area (Å²) >= 11 is 0. The van der Waals surface area contributed by atoms with Crippen molar-refractivity contribution in [2.75, 3.05) is 6.79 Å². The number of nitrogens with one attached hydrogen (secondary N) is 1. The average molecular weight is 309 g/mol. The first-order valence-electron chi connectivity index (χ1n) is 6.99. The number of carbonyl (C=O) groups is 1. The maximum absolute atomic E-state index is 12.3. The molecule has 3 aliphatic rings. The van der Waals surface area contributed by atoms with Gasteiger partial charge in [-0.15, -0.1) is 0 Å². The number of ether oxygens (including phenoxy) is 2. The van der Waals surface area contributed by atoms with Crippen LogP contribution in [0.15, 0.2) is 6.07 Å². The molecular formula is C14H15NO7. The fraction of sp³-hybridized carbons (Fsp3) is 0.500. The van der Waals surface area contributed by atoms with Crippen LogP contribution in [0.1, 0.15) is 28.3 Å². The second-order valence-electron chi connectivity index (χ2n) is 5.81.